The van der Waals surface area contributed by atoms with Crippen LogP contribution in [0.25, 0.3) is 0 Å². The highest BCUT2D eigenvalue weighted by Gasteiger charge is 2.47. The summed E-state index contributed by atoms with van der Waals surface area (Å²) in [5.41, 5.74) is 2.06. The Bertz CT molecular complexity index is 738. The maximum Gasteiger partial charge on any atom is 0.186 e. The summed E-state index contributed by atoms with van der Waals surface area (Å²) in [4.78, 5) is 0. The molecule has 2 aromatic rings. The molecular weight excluding hydrogens is 384 g/mol. The summed E-state index contributed by atoms with van der Waals surface area (Å²) in [6.07, 6.45) is -1.85. The Morgan fingerprint density at radius 3 is 2.17 bits per heavy atom. The van der Waals surface area contributed by atoms with Crippen LogP contribution in [0.5, 0.6) is 0 Å². The van der Waals surface area contributed by atoms with Gasteiger partial charge >= 0.3 is 0 Å². The molecule has 1 N–H and O–H groups in total. The van der Waals surface area contributed by atoms with Crippen LogP contribution < -0.4 is 0 Å². The summed E-state index contributed by atoms with van der Waals surface area (Å²) in [6, 6.07) is 19.6. The molecule has 6 heteroatoms. The van der Waals surface area contributed by atoms with Gasteiger partial charge in [-0.05, 0) is 11.1 Å². The molecule has 0 saturated carbocycles. The predicted octanol–water partition coefficient (Wildman–Crippen LogP) is 3.09. The van der Waals surface area contributed by atoms with E-state index in [4.69, 9.17) is 23.7 Å². The normalized spacial score (nSPS) is 26.4. The minimum atomic E-state index is -0.937. The van der Waals surface area contributed by atoms with Gasteiger partial charge in [-0.2, -0.15) is 0 Å². The SMILES string of the molecule is C=CCOC1C(O)C(COCc2ccccc2)OC(OC)C1OCc1ccccc1. The molecule has 6 nitrogen and oxygen atoms in total. The molecule has 5 unspecified atom stereocenters. The number of aliphatic hydroxyl groups is 1. The Morgan fingerprint density at radius 2 is 1.57 bits per heavy atom. The highest BCUT2D eigenvalue weighted by atomic mass is 16.7. The molecule has 1 saturated heterocycles. The average Bonchev–Trinajstić information content (AvgIpc) is 2.79. The molecule has 1 heterocycles. The Kier molecular flexibility index (Phi) is 9.01. The van der Waals surface area contributed by atoms with Gasteiger partial charge in [0.25, 0.3) is 0 Å². The van der Waals surface area contributed by atoms with Crippen LogP contribution in [0.4, 0.5) is 0 Å². The third-order valence-corrected chi connectivity index (χ3v) is 4.94. The van der Waals surface area contributed by atoms with Gasteiger partial charge in [0.15, 0.2) is 6.29 Å². The van der Waals surface area contributed by atoms with Crippen LogP contribution in [0.2, 0.25) is 0 Å². The van der Waals surface area contributed by atoms with E-state index in [2.05, 4.69) is 6.58 Å². The van der Waals surface area contributed by atoms with Gasteiger partial charge in [-0.1, -0.05) is 66.7 Å². The zero-order valence-corrected chi connectivity index (χ0v) is 17.3. The fraction of sp³-hybridized carbons (Fsp3) is 0.417. The zero-order chi connectivity index (χ0) is 21.2. The molecule has 2 aromatic carbocycles. The molecule has 30 heavy (non-hydrogen) atoms. The fourth-order valence-corrected chi connectivity index (χ4v) is 3.40. The molecule has 5 atom stereocenters. The number of methoxy groups -OCH3 is 1. The third-order valence-electron chi connectivity index (χ3n) is 4.94. The zero-order valence-electron chi connectivity index (χ0n) is 17.3. The second kappa shape index (κ2) is 12.0. The lowest BCUT2D eigenvalue weighted by atomic mass is 9.98. The summed E-state index contributed by atoms with van der Waals surface area (Å²) < 4.78 is 29.2. The van der Waals surface area contributed by atoms with E-state index in [9.17, 15) is 5.11 Å². The van der Waals surface area contributed by atoms with Gasteiger partial charge in [0, 0.05) is 7.11 Å². The van der Waals surface area contributed by atoms with Crippen molar-refractivity contribution >= 4 is 0 Å². The topological polar surface area (TPSA) is 66.4 Å². The van der Waals surface area contributed by atoms with E-state index < -0.39 is 30.7 Å². The van der Waals surface area contributed by atoms with Gasteiger partial charge in [0.05, 0.1) is 26.4 Å². The van der Waals surface area contributed by atoms with E-state index in [0.29, 0.717) is 13.2 Å². The van der Waals surface area contributed by atoms with Crippen LogP contribution in [0.3, 0.4) is 0 Å². The molecule has 0 spiro atoms. The van der Waals surface area contributed by atoms with Gasteiger partial charge in [-0.3, -0.25) is 0 Å². The van der Waals surface area contributed by atoms with E-state index in [1.54, 1.807) is 13.2 Å². The van der Waals surface area contributed by atoms with Crippen LogP contribution >= 0.6 is 0 Å². The molecule has 1 aliphatic rings. The predicted molar refractivity (Wildman–Crippen MR) is 113 cm³/mol. The quantitative estimate of drug-likeness (QED) is 0.570. The van der Waals surface area contributed by atoms with Crippen molar-refractivity contribution in [3.8, 4) is 0 Å². The minimum absolute atomic E-state index is 0.204. The fourth-order valence-electron chi connectivity index (χ4n) is 3.40. The lowest BCUT2D eigenvalue weighted by molar-refractivity contribution is -0.313. The Hall–Kier alpha value is -2.06. The van der Waals surface area contributed by atoms with Crippen LogP contribution in [0.15, 0.2) is 73.3 Å². The van der Waals surface area contributed by atoms with Gasteiger partial charge in [0.2, 0.25) is 0 Å². The summed E-state index contributed by atoms with van der Waals surface area (Å²) in [6.45, 7) is 4.96. The largest absolute Gasteiger partial charge is 0.387 e. The van der Waals surface area contributed by atoms with Crippen molar-refractivity contribution in [1.29, 1.82) is 0 Å². The number of aliphatic hydroxyl groups excluding tert-OH is 1. The molecule has 1 aliphatic heterocycles. The van der Waals surface area contributed by atoms with E-state index in [1.165, 1.54) is 0 Å². The monoisotopic (exact) mass is 414 g/mol. The van der Waals surface area contributed by atoms with Crippen LogP contribution in [-0.2, 0) is 36.9 Å². The molecule has 1 fully saturated rings. The standard InChI is InChI=1S/C24H30O6/c1-3-14-28-22-21(25)20(17-27-15-18-10-6-4-7-11-18)30-24(26-2)23(22)29-16-19-12-8-5-9-13-19/h3-13,20-25H,1,14-17H2,2H3. The van der Waals surface area contributed by atoms with Crippen molar-refractivity contribution in [3.63, 3.8) is 0 Å². The van der Waals surface area contributed by atoms with E-state index in [-0.39, 0.29) is 13.2 Å². The highest BCUT2D eigenvalue weighted by molar-refractivity contribution is 5.14. The van der Waals surface area contributed by atoms with E-state index >= 15 is 0 Å². The van der Waals surface area contributed by atoms with Gasteiger partial charge in [0.1, 0.15) is 24.4 Å². The molecular formula is C24H30O6. The second-order valence-corrected chi connectivity index (χ2v) is 7.12. The summed E-state index contributed by atoms with van der Waals surface area (Å²) in [5.74, 6) is 0. The molecule has 3 rings (SSSR count). The van der Waals surface area contributed by atoms with Crippen molar-refractivity contribution < 1.29 is 28.8 Å². The minimum Gasteiger partial charge on any atom is -0.387 e. The molecule has 0 radical (unpaired) electrons. The number of ether oxygens (including phenoxy) is 5. The highest BCUT2D eigenvalue weighted by Crippen LogP contribution is 2.28. The molecule has 0 aromatic heterocycles. The maximum absolute atomic E-state index is 10.9. The first kappa shape index (κ1) is 22.6. The van der Waals surface area contributed by atoms with Crippen molar-refractivity contribution in [3.05, 3.63) is 84.4 Å². The van der Waals surface area contributed by atoms with Crippen molar-refractivity contribution in [2.24, 2.45) is 0 Å². The molecule has 0 aliphatic carbocycles. The first-order valence-corrected chi connectivity index (χ1v) is 10.1. The number of hydrogen-bond acceptors (Lipinski definition) is 6. The number of rotatable bonds is 11. The first-order chi connectivity index (χ1) is 14.7. The van der Waals surface area contributed by atoms with E-state index in [0.717, 1.165) is 11.1 Å². The summed E-state index contributed by atoms with van der Waals surface area (Å²) >= 11 is 0. The van der Waals surface area contributed by atoms with Gasteiger partial charge in [-0.25, -0.2) is 0 Å². The lowest BCUT2D eigenvalue weighted by Gasteiger charge is -2.43. The van der Waals surface area contributed by atoms with Crippen molar-refractivity contribution in [2.75, 3.05) is 20.3 Å². The van der Waals surface area contributed by atoms with Crippen molar-refractivity contribution in [2.45, 2.75) is 43.9 Å². The van der Waals surface area contributed by atoms with E-state index in [1.807, 2.05) is 60.7 Å². The summed E-state index contributed by atoms with van der Waals surface area (Å²) in [5, 5.41) is 10.9. The molecule has 0 amide bonds. The number of benzene rings is 2. The van der Waals surface area contributed by atoms with Crippen molar-refractivity contribution in [1.82, 2.24) is 0 Å². The smallest absolute Gasteiger partial charge is 0.186 e. The lowest BCUT2D eigenvalue weighted by Crippen LogP contribution is -2.60. The molecule has 162 valence electrons. The Labute approximate surface area is 178 Å². The van der Waals surface area contributed by atoms with Gasteiger partial charge in [-0.15, -0.1) is 6.58 Å². The van der Waals surface area contributed by atoms with Crippen LogP contribution in [0.1, 0.15) is 11.1 Å². The van der Waals surface area contributed by atoms with Crippen LogP contribution in [-0.4, -0.2) is 56.1 Å². The third kappa shape index (κ3) is 6.22. The van der Waals surface area contributed by atoms with Crippen LogP contribution in [0, 0.1) is 0 Å². The second-order valence-electron chi connectivity index (χ2n) is 7.12. The van der Waals surface area contributed by atoms with Gasteiger partial charge < -0.3 is 28.8 Å². The maximum atomic E-state index is 10.9. The Morgan fingerprint density at radius 1 is 0.933 bits per heavy atom. The summed E-state index contributed by atoms with van der Waals surface area (Å²) in [7, 11) is 1.55. The first-order valence-electron chi connectivity index (χ1n) is 10.1. The Balaban J connectivity index is 1.64. The average molecular weight is 414 g/mol. The molecule has 0 bridgehead atoms. The number of hydrogen-bond donors (Lipinski definition) is 1.